The molecule has 0 fully saturated rings. The zero-order chi connectivity index (χ0) is 14.7. The van der Waals surface area contributed by atoms with Gasteiger partial charge in [-0.3, -0.25) is 0 Å². The number of aromatic nitrogens is 1. The molecular formula is C20H16NO+. The minimum atomic E-state index is 1.01. The Morgan fingerprint density at radius 3 is 2.77 bits per heavy atom. The van der Waals surface area contributed by atoms with E-state index in [9.17, 15) is 0 Å². The molecule has 0 bridgehead atoms. The highest BCUT2D eigenvalue weighted by Crippen LogP contribution is 2.39. The van der Waals surface area contributed by atoms with Crippen molar-refractivity contribution in [2.45, 2.75) is 19.9 Å². The summed E-state index contributed by atoms with van der Waals surface area (Å²) >= 11 is 0. The number of para-hydroxylation sites is 1. The molecule has 22 heavy (non-hydrogen) atoms. The van der Waals surface area contributed by atoms with Crippen LogP contribution in [-0.2, 0) is 13.0 Å². The highest BCUT2D eigenvalue weighted by Gasteiger charge is 2.26. The van der Waals surface area contributed by atoms with Gasteiger partial charge in [0.15, 0.2) is 12.7 Å². The van der Waals surface area contributed by atoms with E-state index in [1.165, 1.54) is 33.2 Å². The van der Waals surface area contributed by atoms with Crippen molar-refractivity contribution in [3.8, 4) is 11.3 Å². The Kier molecular flexibility index (Phi) is 2.29. The van der Waals surface area contributed by atoms with Crippen LogP contribution in [0.15, 0.2) is 59.1 Å². The summed E-state index contributed by atoms with van der Waals surface area (Å²) in [5.41, 5.74) is 7.14. The summed E-state index contributed by atoms with van der Waals surface area (Å²) in [6.45, 7) is 3.15. The Hall–Kier alpha value is -2.61. The first kappa shape index (κ1) is 12.0. The lowest BCUT2D eigenvalue weighted by molar-refractivity contribution is -0.687. The minimum absolute atomic E-state index is 1.01. The molecule has 1 aliphatic heterocycles. The van der Waals surface area contributed by atoms with E-state index in [2.05, 4.69) is 66.2 Å². The quantitative estimate of drug-likeness (QED) is 0.438. The number of furan rings is 1. The first-order valence-electron chi connectivity index (χ1n) is 7.75. The second-order valence-electron chi connectivity index (χ2n) is 6.06. The van der Waals surface area contributed by atoms with E-state index >= 15 is 0 Å². The van der Waals surface area contributed by atoms with Crippen LogP contribution in [0.4, 0.5) is 0 Å². The van der Waals surface area contributed by atoms with Crippen LogP contribution in [-0.4, -0.2) is 0 Å². The molecule has 1 aliphatic rings. The van der Waals surface area contributed by atoms with Crippen molar-refractivity contribution in [2.24, 2.45) is 0 Å². The van der Waals surface area contributed by atoms with E-state index in [0.29, 0.717) is 0 Å². The predicted octanol–water partition coefficient (Wildman–Crippen LogP) is 4.41. The molecule has 0 spiro atoms. The molecule has 0 aliphatic carbocycles. The molecule has 2 aromatic heterocycles. The molecule has 0 unspecified atom stereocenters. The number of fused-ring (bicyclic) bond motifs is 7. The summed E-state index contributed by atoms with van der Waals surface area (Å²) < 4.78 is 8.65. The fourth-order valence-electron chi connectivity index (χ4n) is 3.67. The molecule has 3 heterocycles. The van der Waals surface area contributed by atoms with E-state index in [4.69, 9.17) is 4.42 Å². The molecular weight excluding hydrogens is 270 g/mol. The van der Waals surface area contributed by atoms with Gasteiger partial charge in [-0.25, -0.2) is 0 Å². The summed E-state index contributed by atoms with van der Waals surface area (Å²) in [5, 5.41) is 2.43. The van der Waals surface area contributed by atoms with E-state index in [1.807, 2.05) is 0 Å². The lowest BCUT2D eigenvalue weighted by Gasteiger charge is -2.14. The highest BCUT2D eigenvalue weighted by atomic mass is 16.3. The van der Waals surface area contributed by atoms with Gasteiger partial charge in [0, 0.05) is 29.3 Å². The van der Waals surface area contributed by atoms with Crippen LogP contribution in [0.5, 0.6) is 0 Å². The molecule has 106 valence electrons. The summed E-state index contributed by atoms with van der Waals surface area (Å²) in [6, 6.07) is 17.3. The van der Waals surface area contributed by atoms with Gasteiger partial charge in [0.2, 0.25) is 5.69 Å². The first-order chi connectivity index (χ1) is 10.8. The summed E-state index contributed by atoms with van der Waals surface area (Å²) in [5.74, 6) is 0. The topological polar surface area (TPSA) is 17.0 Å². The van der Waals surface area contributed by atoms with Crippen LogP contribution in [0.25, 0.3) is 33.2 Å². The van der Waals surface area contributed by atoms with E-state index in [0.717, 1.165) is 24.1 Å². The van der Waals surface area contributed by atoms with E-state index in [-0.39, 0.29) is 0 Å². The Morgan fingerprint density at radius 2 is 1.82 bits per heavy atom. The average Bonchev–Trinajstić information content (AvgIpc) is 2.95. The number of nitrogens with zero attached hydrogens (tertiary/aromatic N) is 1. The van der Waals surface area contributed by atoms with Crippen LogP contribution >= 0.6 is 0 Å². The molecule has 2 heteroatoms. The maximum atomic E-state index is 6.33. The molecule has 0 radical (unpaired) electrons. The number of benzene rings is 2. The number of rotatable bonds is 0. The largest absolute Gasteiger partial charge is 0.455 e. The molecule has 4 aromatic rings. The number of hydrogen-bond donors (Lipinski definition) is 0. The summed E-state index contributed by atoms with van der Waals surface area (Å²) in [4.78, 5) is 0. The molecule has 0 N–H and O–H groups in total. The van der Waals surface area contributed by atoms with Crippen LogP contribution in [0.3, 0.4) is 0 Å². The van der Waals surface area contributed by atoms with Gasteiger partial charge >= 0.3 is 0 Å². The molecule has 0 atom stereocenters. The molecule has 0 amide bonds. The number of aryl methyl sites for hydroxylation is 3. The summed E-state index contributed by atoms with van der Waals surface area (Å²) in [7, 11) is 0. The third kappa shape index (κ3) is 1.47. The SMILES string of the molecule is Cc1cccc2c1oc1c3c(ccc12)CC[n+]1ccccc1-3. The predicted molar refractivity (Wildman–Crippen MR) is 87.8 cm³/mol. The van der Waals surface area contributed by atoms with Crippen molar-refractivity contribution in [3.63, 3.8) is 0 Å². The maximum Gasteiger partial charge on any atom is 0.216 e. The van der Waals surface area contributed by atoms with Gasteiger partial charge in [-0.2, -0.15) is 4.57 Å². The van der Waals surface area contributed by atoms with Crippen LogP contribution < -0.4 is 4.57 Å². The molecule has 0 saturated heterocycles. The third-order valence-corrected chi connectivity index (χ3v) is 4.77. The smallest absolute Gasteiger partial charge is 0.216 e. The standard InChI is InChI=1S/C20H16NO/c1-13-5-4-6-15-16-9-8-14-10-12-21-11-3-2-7-17(21)18(14)20(16)22-19(13)15/h2-9,11H,10,12H2,1H3/q+1. The van der Waals surface area contributed by atoms with Crippen molar-refractivity contribution in [3.05, 3.63) is 65.9 Å². The van der Waals surface area contributed by atoms with Gasteiger partial charge in [-0.05, 0) is 24.1 Å². The number of hydrogen-bond acceptors (Lipinski definition) is 1. The van der Waals surface area contributed by atoms with Crippen molar-refractivity contribution in [2.75, 3.05) is 0 Å². The Morgan fingerprint density at radius 1 is 0.909 bits per heavy atom. The first-order valence-corrected chi connectivity index (χ1v) is 7.75. The van der Waals surface area contributed by atoms with Crippen LogP contribution in [0, 0.1) is 6.92 Å². The van der Waals surface area contributed by atoms with Gasteiger partial charge in [0.05, 0.1) is 5.56 Å². The van der Waals surface area contributed by atoms with Gasteiger partial charge in [0.1, 0.15) is 11.2 Å². The van der Waals surface area contributed by atoms with Gasteiger partial charge in [-0.15, -0.1) is 0 Å². The second-order valence-corrected chi connectivity index (χ2v) is 6.06. The van der Waals surface area contributed by atoms with Crippen molar-refractivity contribution in [1.29, 1.82) is 0 Å². The lowest BCUT2D eigenvalue weighted by atomic mass is 9.95. The highest BCUT2D eigenvalue weighted by molar-refractivity contribution is 6.10. The zero-order valence-corrected chi connectivity index (χ0v) is 12.5. The summed E-state index contributed by atoms with van der Waals surface area (Å²) in [6.07, 6.45) is 3.22. The van der Waals surface area contributed by atoms with Crippen LogP contribution in [0.2, 0.25) is 0 Å². The Labute approximate surface area is 128 Å². The molecule has 2 aromatic carbocycles. The van der Waals surface area contributed by atoms with E-state index in [1.54, 1.807) is 0 Å². The normalized spacial score (nSPS) is 13.3. The zero-order valence-electron chi connectivity index (χ0n) is 12.5. The lowest BCUT2D eigenvalue weighted by Crippen LogP contribution is -2.39. The number of pyridine rings is 1. The molecule has 2 nitrogen and oxygen atoms in total. The second kappa shape index (κ2) is 4.20. The molecule has 5 rings (SSSR count). The van der Waals surface area contributed by atoms with Crippen molar-refractivity contribution < 1.29 is 8.98 Å². The Bertz CT molecular complexity index is 1040. The minimum Gasteiger partial charge on any atom is -0.455 e. The Balaban J connectivity index is 1.98. The van der Waals surface area contributed by atoms with E-state index < -0.39 is 0 Å². The van der Waals surface area contributed by atoms with Gasteiger partial charge < -0.3 is 4.42 Å². The molecule has 0 saturated carbocycles. The maximum absolute atomic E-state index is 6.33. The van der Waals surface area contributed by atoms with Crippen molar-refractivity contribution in [1.82, 2.24) is 0 Å². The van der Waals surface area contributed by atoms with Gasteiger partial charge in [-0.1, -0.05) is 30.3 Å². The monoisotopic (exact) mass is 286 g/mol. The fourth-order valence-corrected chi connectivity index (χ4v) is 3.67. The fraction of sp³-hybridized carbons (Fsp3) is 0.150. The van der Waals surface area contributed by atoms with Gasteiger partial charge in [0.25, 0.3) is 0 Å². The van der Waals surface area contributed by atoms with Crippen LogP contribution in [0.1, 0.15) is 11.1 Å². The third-order valence-electron chi connectivity index (χ3n) is 4.77. The van der Waals surface area contributed by atoms with Crippen molar-refractivity contribution >= 4 is 21.9 Å². The average molecular weight is 286 g/mol.